The average molecular weight is 175 g/mol. The van der Waals surface area contributed by atoms with Gasteiger partial charge in [0.2, 0.25) is 0 Å². The summed E-state index contributed by atoms with van der Waals surface area (Å²) >= 11 is 1.13. The van der Waals surface area contributed by atoms with E-state index in [-0.39, 0.29) is 5.82 Å². The van der Waals surface area contributed by atoms with Gasteiger partial charge < -0.3 is 0 Å². The first-order chi connectivity index (χ1) is 4.34. The third kappa shape index (κ3) is 1.59. The van der Waals surface area contributed by atoms with Crippen molar-refractivity contribution < 1.29 is 22.7 Å². The van der Waals surface area contributed by atoms with Gasteiger partial charge in [0.25, 0.3) is 0 Å². The molecule has 0 aliphatic heterocycles. The molecule has 0 aliphatic carbocycles. The quantitative estimate of drug-likeness (QED) is 0.571. The Morgan fingerprint density at radius 1 is 1.33 bits per heavy atom. The predicted molar refractivity (Wildman–Crippen MR) is 30.1 cm³/mol. The summed E-state index contributed by atoms with van der Waals surface area (Å²) in [6.07, 6.45) is 0. The fourth-order valence-electron chi connectivity index (χ4n) is 0.701. The van der Waals surface area contributed by atoms with Crippen molar-refractivity contribution in [3.05, 3.63) is 35.6 Å². The summed E-state index contributed by atoms with van der Waals surface area (Å²) in [5.74, 6) is -0.0660. The average Bonchev–Trinajstić information content (AvgIpc) is 1.89. The van der Waals surface area contributed by atoms with Gasteiger partial charge in [0.15, 0.2) is 0 Å². The van der Waals surface area contributed by atoms with Crippen LogP contribution in [-0.4, -0.2) is 0 Å². The van der Waals surface area contributed by atoms with E-state index >= 15 is 0 Å². The summed E-state index contributed by atoms with van der Waals surface area (Å²) in [6.45, 7) is 0. The number of halogens is 1. The molecule has 1 aromatic carbocycles. The normalized spacial score (nSPS) is 9.67. The summed E-state index contributed by atoms with van der Waals surface area (Å²) in [5, 5.41) is 0.896. The first kappa shape index (κ1) is 6.89. The third-order valence-corrected chi connectivity index (χ3v) is 2.36. The molecule has 0 nitrogen and oxygen atoms in total. The Morgan fingerprint density at radius 2 is 2.00 bits per heavy atom. The molecule has 0 heterocycles. The van der Waals surface area contributed by atoms with Crippen molar-refractivity contribution in [2.75, 3.05) is 0 Å². The minimum atomic E-state index is -0.0660. The molecule has 0 N–H and O–H groups in total. The molecule has 0 saturated heterocycles. The topological polar surface area (TPSA) is 0 Å². The van der Waals surface area contributed by atoms with Crippen molar-refractivity contribution >= 4 is 0 Å². The van der Waals surface area contributed by atoms with Gasteiger partial charge in [-0.3, -0.25) is 0 Å². The van der Waals surface area contributed by atoms with Gasteiger partial charge >= 0.3 is 63.4 Å². The van der Waals surface area contributed by atoms with Crippen LogP contribution < -0.4 is 0 Å². The molecular formula is C7H6FZn. The molecule has 1 rings (SSSR count). The molecule has 0 aliphatic rings. The Bertz CT molecular complexity index is 198. The summed E-state index contributed by atoms with van der Waals surface area (Å²) in [6, 6.07) is 6.92. The first-order valence-corrected chi connectivity index (χ1v) is 4.97. The minimum absolute atomic E-state index is 0.0660. The van der Waals surface area contributed by atoms with E-state index in [1.54, 1.807) is 6.07 Å². The Labute approximate surface area is 63.8 Å². The van der Waals surface area contributed by atoms with Crippen molar-refractivity contribution in [1.29, 1.82) is 0 Å². The second-order valence-electron chi connectivity index (χ2n) is 1.84. The van der Waals surface area contributed by atoms with E-state index in [2.05, 4.69) is 0 Å². The van der Waals surface area contributed by atoms with Gasteiger partial charge in [-0.05, 0) is 0 Å². The van der Waals surface area contributed by atoms with Crippen LogP contribution >= 0.6 is 0 Å². The van der Waals surface area contributed by atoms with Gasteiger partial charge in [-0.15, -0.1) is 0 Å². The Kier molecular flexibility index (Phi) is 2.35. The Balaban J connectivity index is 3.01. The van der Waals surface area contributed by atoms with Crippen LogP contribution in [0.3, 0.4) is 0 Å². The second kappa shape index (κ2) is 3.07. The van der Waals surface area contributed by atoms with E-state index in [1.807, 2.05) is 12.1 Å². The maximum atomic E-state index is 12.6. The Hall–Kier alpha value is -0.227. The Morgan fingerprint density at radius 3 is 2.44 bits per heavy atom. The zero-order chi connectivity index (χ0) is 6.69. The monoisotopic (exact) mass is 173 g/mol. The van der Waals surface area contributed by atoms with Gasteiger partial charge in [-0.25, -0.2) is 0 Å². The van der Waals surface area contributed by atoms with E-state index in [4.69, 9.17) is 0 Å². The number of benzene rings is 1. The van der Waals surface area contributed by atoms with Crippen molar-refractivity contribution in [3.63, 3.8) is 0 Å². The van der Waals surface area contributed by atoms with Gasteiger partial charge in [0, 0.05) is 0 Å². The van der Waals surface area contributed by atoms with Crippen LogP contribution in [0.4, 0.5) is 4.39 Å². The zero-order valence-electron chi connectivity index (χ0n) is 5.10. The van der Waals surface area contributed by atoms with E-state index in [0.717, 1.165) is 28.9 Å². The molecule has 0 spiro atoms. The van der Waals surface area contributed by atoms with E-state index < -0.39 is 0 Å². The molecule has 0 amide bonds. The number of hydrogen-bond donors (Lipinski definition) is 0. The first-order valence-electron chi connectivity index (χ1n) is 2.87. The van der Waals surface area contributed by atoms with Crippen LogP contribution in [0.5, 0.6) is 0 Å². The SMILES string of the molecule is Fc1ccccc1[CH2][Zn]. The molecule has 0 unspecified atom stereocenters. The van der Waals surface area contributed by atoms with Gasteiger partial charge in [0.05, 0.1) is 0 Å². The fraction of sp³-hybridized carbons (Fsp3) is 0.143. The molecule has 0 radical (unpaired) electrons. The van der Waals surface area contributed by atoms with Crippen LogP contribution in [0, 0.1) is 5.82 Å². The summed E-state index contributed by atoms with van der Waals surface area (Å²) < 4.78 is 12.6. The molecule has 43 valence electrons. The van der Waals surface area contributed by atoms with Crippen LogP contribution in [0.1, 0.15) is 5.56 Å². The fourth-order valence-corrected chi connectivity index (χ4v) is 1.55. The molecule has 0 aromatic heterocycles. The molecule has 0 fully saturated rings. The van der Waals surface area contributed by atoms with Crippen molar-refractivity contribution in [3.8, 4) is 0 Å². The van der Waals surface area contributed by atoms with Crippen LogP contribution in [0.2, 0.25) is 0 Å². The van der Waals surface area contributed by atoms with E-state index in [0.29, 0.717) is 0 Å². The summed E-state index contributed by atoms with van der Waals surface area (Å²) in [5.41, 5.74) is 0.845. The van der Waals surface area contributed by atoms with Crippen LogP contribution in [0.25, 0.3) is 0 Å². The van der Waals surface area contributed by atoms with Crippen molar-refractivity contribution in [2.45, 2.75) is 5.02 Å². The number of hydrogen-bond acceptors (Lipinski definition) is 0. The number of rotatable bonds is 1. The predicted octanol–water partition coefficient (Wildman–Crippen LogP) is 1.87. The van der Waals surface area contributed by atoms with E-state index in [9.17, 15) is 4.39 Å². The van der Waals surface area contributed by atoms with Crippen LogP contribution in [-0.2, 0) is 23.3 Å². The standard InChI is InChI=1S/C7H6F.Zn/c1-6-4-2-3-5-7(6)8;/h2-5H,1H2;. The van der Waals surface area contributed by atoms with Gasteiger partial charge in [-0.1, -0.05) is 0 Å². The van der Waals surface area contributed by atoms with Gasteiger partial charge in [0.1, 0.15) is 0 Å². The maximum absolute atomic E-state index is 12.6. The van der Waals surface area contributed by atoms with Crippen molar-refractivity contribution in [1.82, 2.24) is 0 Å². The van der Waals surface area contributed by atoms with Crippen LogP contribution in [0.15, 0.2) is 24.3 Å². The molecule has 1 aromatic rings. The summed E-state index contributed by atoms with van der Waals surface area (Å²) in [7, 11) is 0. The molecule has 0 saturated carbocycles. The van der Waals surface area contributed by atoms with Crippen molar-refractivity contribution in [2.24, 2.45) is 0 Å². The molecule has 0 bridgehead atoms. The second-order valence-corrected chi connectivity index (χ2v) is 2.89. The summed E-state index contributed by atoms with van der Waals surface area (Å²) in [4.78, 5) is 0. The van der Waals surface area contributed by atoms with E-state index in [1.165, 1.54) is 6.07 Å². The molecule has 2 heteroatoms. The van der Waals surface area contributed by atoms with Gasteiger partial charge in [-0.2, -0.15) is 0 Å². The third-order valence-electron chi connectivity index (χ3n) is 1.23. The molecule has 9 heavy (non-hydrogen) atoms. The molecule has 0 atom stereocenters. The zero-order valence-corrected chi connectivity index (χ0v) is 8.07. The molecular weight excluding hydrogens is 168 g/mol.